The minimum atomic E-state index is -0.711. The molecule has 5 rings (SSSR count). The van der Waals surface area contributed by atoms with Gasteiger partial charge in [-0.15, -0.1) is 0 Å². The Morgan fingerprint density at radius 3 is 2.62 bits per heavy atom. The molecule has 3 aliphatic rings. The van der Waals surface area contributed by atoms with Crippen LogP contribution in [0.15, 0.2) is 36.4 Å². The van der Waals surface area contributed by atoms with E-state index in [0.29, 0.717) is 37.8 Å². The van der Waals surface area contributed by atoms with Crippen LogP contribution in [0.3, 0.4) is 0 Å². The van der Waals surface area contributed by atoms with Gasteiger partial charge in [0.2, 0.25) is 5.91 Å². The fourth-order valence-corrected chi connectivity index (χ4v) is 5.74. The van der Waals surface area contributed by atoms with Crippen LogP contribution in [0.5, 0.6) is 5.75 Å². The van der Waals surface area contributed by atoms with Crippen LogP contribution in [0.4, 0.5) is 8.78 Å². The summed E-state index contributed by atoms with van der Waals surface area (Å²) in [5.41, 5.74) is 0.935. The number of carbonyl (C=O) groups excluding carboxylic acids is 2. The molecule has 0 spiro atoms. The molecule has 0 aliphatic carbocycles. The van der Waals surface area contributed by atoms with Crippen molar-refractivity contribution >= 4 is 11.8 Å². The van der Waals surface area contributed by atoms with Crippen LogP contribution < -0.4 is 15.4 Å². The van der Waals surface area contributed by atoms with Crippen LogP contribution in [-0.4, -0.2) is 78.0 Å². The number of carbonyl (C=O) groups is 2. The molecule has 2 aromatic rings. The molecule has 2 amide bonds. The number of rotatable bonds is 2. The summed E-state index contributed by atoms with van der Waals surface area (Å²) in [6.07, 6.45) is 0.719. The van der Waals surface area contributed by atoms with Gasteiger partial charge in [0, 0.05) is 43.2 Å². The van der Waals surface area contributed by atoms with Gasteiger partial charge in [-0.3, -0.25) is 14.5 Å². The summed E-state index contributed by atoms with van der Waals surface area (Å²) in [5, 5.41) is 16.5. The highest BCUT2D eigenvalue weighted by Crippen LogP contribution is 2.31. The van der Waals surface area contributed by atoms with Crippen molar-refractivity contribution < 1.29 is 33.0 Å². The second kappa shape index (κ2) is 11.6. The van der Waals surface area contributed by atoms with E-state index in [9.17, 15) is 23.5 Å². The summed E-state index contributed by atoms with van der Waals surface area (Å²) in [7, 11) is 0. The van der Waals surface area contributed by atoms with Crippen molar-refractivity contribution in [1.29, 1.82) is 0 Å². The lowest BCUT2D eigenvalue weighted by Gasteiger charge is -2.35. The first-order chi connectivity index (χ1) is 18.7. The summed E-state index contributed by atoms with van der Waals surface area (Å²) < 4.78 is 40.2. The third kappa shape index (κ3) is 6.08. The first-order valence-corrected chi connectivity index (χ1v) is 13.6. The molecule has 10 heteroatoms. The van der Waals surface area contributed by atoms with Gasteiger partial charge in [-0.1, -0.05) is 6.07 Å². The lowest BCUT2D eigenvalue weighted by molar-refractivity contribution is -0.134. The number of nitrogens with one attached hydrogen (secondary N) is 2. The molecule has 4 bridgehead atoms. The molecule has 3 aliphatic heterocycles. The number of fused-ring (bicyclic) bond motifs is 5. The Hall–Kier alpha value is -3.08. The Kier molecular flexibility index (Phi) is 8.16. The van der Waals surface area contributed by atoms with Crippen molar-refractivity contribution in [1.82, 2.24) is 15.5 Å². The minimum Gasteiger partial charge on any atom is -0.493 e. The van der Waals surface area contributed by atoms with Gasteiger partial charge in [-0.05, 0) is 62.9 Å². The third-order valence-electron chi connectivity index (χ3n) is 7.86. The molecule has 0 unspecified atom stereocenters. The maximum absolute atomic E-state index is 14.5. The molecule has 2 saturated heterocycles. The van der Waals surface area contributed by atoms with Crippen molar-refractivity contribution in [3.8, 4) is 16.9 Å². The van der Waals surface area contributed by atoms with Crippen molar-refractivity contribution in [3.63, 3.8) is 0 Å². The predicted octanol–water partition coefficient (Wildman–Crippen LogP) is 3.02. The number of hydrogen-bond acceptors (Lipinski definition) is 6. The van der Waals surface area contributed by atoms with Crippen molar-refractivity contribution in [2.75, 3.05) is 19.7 Å². The SMILES string of the molecule is CC(C)N1C[C@@H]2C[C@H]1C(=O)NC[C@H]1O[C@H](CCOc3cc(-c4ccc(F)cc4F)ccc3C(=O)N2)CC[C@@H]1O. The third-order valence-corrected chi connectivity index (χ3v) is 7.86. The highest BCUT2D eigenvalue weighted by Gasteiger charge is 2.40. The monoisotopic (exact) mass is 543 g/mol. The summed E-state index contributed by atoms with van der Waals surface area (Å²) in [6, 6.07) is 7.51. The Bertz CT molecular complexity index is 1230. The maximum Gasteiger partial charge on any atom is 0.255 e. The topological polar surface area (TPSA) is 100 Å². The van der Waals surface area contributed by atoms with Gasteiger partial charge in [0.05, 0.1) is 30.4 Å². The lowest BCUT2D eigenvalue weighted by atomic mass is 9.99. The van der Waals surface area contributed by atoms with Crippen LogP contribution in [0.2, 0.25) is 0 Å². The molecular weight excluding hydrogens is 508 g/mol. The van der Waals surface area contributed by atoms with E-state index in [-0.39, 0.29) is 60.0 Å². The fourth-order valence-electron chi connectivity index (χ4n) is 5.74. The number of hydrogen-bond donors (Lipinski definition) is 3. The van der Waals surface area contributed by atoms with E-state index in [1.807, 2.05) is 13.8 Å². The normalized spacial score (nSPS) is 28.4. The zero-order valence-electron chi connectivity index (χ0n) is 22.2. The minimum absolute atomic E-state index is 0.0782. The smallest absolute Gasteiger partial charge is 0.255 e. The number of aliphatic hydroxyl groups excluding tert-OH is 1. The van der Waals surface area contributed by atoms with E-state index in [1.165, 1.54) is 12.1 Å². The van der Waals surface area contributed by atoms with E-state index < -0.39 is 29.9 Å². The number of nitrogens with zero attached hydrogens (tertiary/aromatic N) is 1. The number of halogens is 2. The van der Waals surface area contributed by atoms with Gasteiger partial charge in [0.25, 0.3) is 5.91 Å². The lowest BCUT2D eigenvalue weighted by Crippen LogP contribution is -2.51. The summed E-state index contributed by atoms with van der Waals surface area (Å²) in [6.45, 7) is 4.94. The van der Waals surface area contributed by atoms with E-state index in [4.69, 9.17) is 9.47 Å². The standard InChI is InChI=1S/C29H35F2N3O5/c1-16(2)34-15-19-13-24(34)29(37)32-14-27-25(35)8-5-20(39-27)9-10-38-26-11-17(3-6-22(26)28(36)33-19)21-7-4-18(30)12-23(21)31/h3-4,6-7,11-12,16,19-20,24-25,27,35H,5,8-10,13-15H2,1-2H3,(H,32,37)(H,33,36)/t19-,20-,24-,25-,27+/m0/s1. The summed E-state index contributed by atoms with van der Waals surface area (Å²) in [4.78, 5) is 28.6. The number of amides is 2. The van der Waals surface area contributed by atoms with Crippen LogP contribution in [-0.2, 0) is 9.53 Å². The molecule has 0 aromatic heterocycles. The average molecular weight is 544 g/mol. The van der Waals surface area contributed by atoms with Crippen LogP contribution in [0.25, 0.3) is 11.1 Å². The van der Waals surface area contributed by atoms with E-state index in [2.05, 4.69) is 15.5 Å². The summed E-state index contributed by atoms with van der Waals surface area (Å²) in [5.74, 6) is -1.61. The quantitative estimate of drug-likeness (QED) is 0.539. The second-order valence-corrected chi connectivity index (χ2v) is 10.9. The van der Waals surface area contributed by atoms with Gasteiger partial charge in [0.15, 0.2) is 0 Å². The molecule has 3 N–H and O–H groups in total. The van der Waals surface area contributed by atoms with Gasteiger partial charge in [-0.2, -0.15) is 0 Å². The molecule has 5 atom stereocenters. The zero-order valence-corrected chi connectivity index (χ0v) is 22.2. The number of ether oxygens (including phenoxy) is 2. The van der Waals surface area contributed by atoms with Crippen molar-refractivity contribution in [3.05, 3.63) is 53.6 Å². The Balaban J connectivity index is 1.46. The first kappa shape index (κ1) is 27.5. The largest absolute Gasteiger partial charge is 0.493 e. The Morgan fingerprint density at radius 1 is 1.05 bits per heavy atom. The van der Waals surface area contributed by atoms with Crippen LogP contribution in [0.1, 0.15) is 49.9 Å². The summed E-state index contributed by atoms with van der Waals surface area (Å²) >= 11 is 0. The fraction of sp³-hybridized carbons (Fsp3) is 0.517. The van der Waals surface area contributed by atoms with Crippen molar-refractivity contribution in [2.24, 2.45) is 0 Å². The number of aliphatic hydroxyl groups is 1. The molecule has 2 fully saturated rings. The van der Waals surface area contributed by atoms with Gasteiger partial charge in [-0.25, -0.2) is 8.78 Å². The van der Waals surface area contributed by atoms with Gasteiger partial charge >= 0.3 is 0 Å². The van der Waals surface area contributed by atoms with Crippen LogP contribution >= 0.6 is 0 Å². The Morgan fingerprint density at radius 2 is 1.85 bits per heavy atom. The molecule has 39 heavy (non-hydrogen) atoms. The van der Waals surface area contributed by atoms with Crippen molar-refractivity contribution in [2.45, 2.75) is 76.0 Å². The molecule has 2 aromatic carbocycles. The molecule has 0 radical (unpaired) electrons. The average Bonchev–Trinajstić information content (AvgIpc) is 3.32. The number of likely N-dealkylation sites (tertiary alicyclic amines) is 1. The molecule has 8 nitrogen and oxygen atoms in total. The molecular formula is C29H35F2N3O5. The number of benzene rings is 2. The predicted molar refractivity (Wildman–Crippen MR) is 140 cm³/mol. The molecule has 3 heterocycles. The van der Waals surface area contributed by atoms with Gasteiger partial charge in [0.1, 0.15) is 23.5 Å². The highest BCUT2D eigenvalue weighted by molar-refractivity contribution is 5.98. The Labute approximate surface area is 226 Å². The molecule has 210 valence electrons. The highest BCUT2D eigenvalue weighted by atomic mass is 19.1. The second-order valence-electron chi connectivity index (χ2n) is 10.9. The van der Waals surface area contributed by atoms with Gasteiger partial charge < -0.3 is 25.2 Å². The van der Waals surface area contributed by atoms with E-state index >= 15 is 0 Å². The van der Waals surface area contributed by atoms with Crippen LogP contribution in [0, 0.1) is 11.6 Å². The zero-order chi connectivity index (χ0) is 27.7. The van der Waals surface area contributed by atoms with E-state index in [0.717, 1.165) is 6.07 Å². The van der Waals surface area contributed by atoms with E-state index in [1.54, 1.807) is 18.2 Å². The maximum atomic E-state index is 14.5. The molecule has 0 saturated carbocycles. The first-order valence-electron chi connectivity index (χ1n) is 13.6.